The van der Waals surface area contributed by atoms with Gasteiger partial charge in [-0.05, 0) is 44.4 Å². The van der Waals surface area contributed by atoms with Gasteiger partial charge in [-0.1, -0.05) is 17.7 Å². The summed E-state index contributed by atoms with van der Waals surface area (Å²) < 4.78 is 28.6. The fourth-order valence-corrected chi connectivity index (χ4v) is 4.22. The first-order chi connectivity index (χ1) is 11.0. The molecule has 2 aromatic rings. The molecule has 1 aromatic carbocycles. The van der Waals surface area contributed by atoms with Gasteiger partial charge in [0.1, 0.15) is 4.90 Å². The monoisotopic (exact) mass is 334 g/mol. The zero-order valence-electron chi connectivity index (χ0n) is 13.2. The van der Waals surface area contributed by atoms with Gasteiger partial charge in [0.15, 0.2) is 0 Å². The molecule has 1 saturated heterocycles. The maximum Gasteiger partial charge on any atom is 0.246 e. The third kappa shape index (κ3) is 3.31. The molecule has 0 bridgehead atoms. The third-order valence-corrected chi connectivity index (χ3v) is 6.25. The fraction of sp³-hybridized carbons (Fsp3) is 0.438. The van der Waals surface area contributed by atoms with Gasteiger partial charge in [0.2, 0.25) is 10.0 Å². The van der Waals surface area contributed by atoms with Crippen molar-refractivity contribution in [1.82, 2.24) is 14.1 Å². The molecule has 2 N–H and O–H groups in total. The topological polar surface area (TPSA) is 81.2 Å². The fourth-order valence-electron chi connectivity index (χ4n) is 2.81. The van der Waals surface area contributed by atoms with Crippen LogP contribution in [0.2, 0.25) is 0 Å². The van der Waals surface area contributed by atoms with Crippen LogP contribution >= 0.6 is 0 Å². The molecule has 0 spiro atoms. The lowest BCUT2D eigenvalue weighted by atomic mass is 9.99. The van der Waals surface area contributed by atoms with Gasteiger partial charge in [-0.15, -0.1) is 0 Å². The van der Waals surface area contributed by atoms with Crippen LogP contribution in [0.4, 0.5) is 0 Å². The number of rotatable bonds is 4. The minimum absolute atomic E-state index is 0.240. The summed E-state index contributed by atoms with van der Waals surface area (Å²) in [5.74, 6) is 0.428. The smallest absolute Gasteiger partial charge is 0.246 e. The Kier molecular flexibility index (Phi) is 4.52. The van der Waals surface area contributed by atoms with E-state index in [0.717, 1.165) is 24.1 Å². The van der Waals surface area contributed by atoms with Crippen LogP contribution in [0.15, 0.2) is 41.6 Å². The molecule has 1 aliphatic heterocycles. The van der Waals surface area contributed by atoms with Crippen LogP contribution < -0.4 is 5.73 Å². The van der Waals surface area contributed by atoms with Crippen LogP contribution in [0.1, 0.15) is 18.4 Å². The molecule has 3 rings (SSSR count). The largest absolute Gasteiger partial charge is 0.330 e. The second kappa shape index (κ2) is 6.43. The molecular formula is C16H22N4O2S. The van der Waals surface area contributed by atoms with Crippen LogP contribution in [0.5, 0.6) is 0 Å². The van der Waals surface area contributed by atoms with Crippen LogP contribution in [0, 0.1) is 12.8 Å². The highest BCUT2D eigenvalue weighted by molar-refractivity contribution is 7.89. The first-order valence-corrected chi connectivity index (χ1v) is 9.26. The van der Waals surface area contributed by atoms with E-state index in [2.05, 4.69) is 5.10 Å². The summed E-state index contributed by atoms with van der Waals surface area (Å²) in [5, 5.41) is 4.20. The Labute approximate surface area is 137 Å². The maximum absolute atomic E-state index is 12.7. The lowest BCUT2D eigenvalue weighted by Gasteiger charge is -2.30. The molecule has 0 aliphatic carbocycles. The highest BCUT2D eigenvalue weighted by Crippen LogP contribution is 2.23. The Hall–Kier alpha value is -1.70. The number of hydrogen-bond acceptors (Lipinski definition) is 4. The Morgan fingerprint density at radius 3 is 2.48 bits per heavy atom. The van der Waals surface area contributed by atoms with Crippen molar-refractivity contribution in [2.75, 3.05) is 19.6 Å². The van der Waals surface area contributed by atoms with E-state index in [-0.39, 0.29) is 4.90 Å². The van der Waals surface area contributed by atoms with E-state index in [1.54, 1.807) is 10.9 Å². The van der Waals surface area contributed by atoms with Crippen molar-refractivity contribution >= 4 is 10.0 Å². The number of benzene rings is 1. The molecular weight excluding hydrogens is 312 g/mol. The molecule has 0 radical (unpaired) electrons. The zero-order chi connectivity index (χ0) is 16.4. The number of sulfonamides is 1. The number of aryl methyl sites for hydroxylation is 1. The van der Waals surface area contributed by atoms with E-state index in [0.29, 0.717) is 25.6 Å². The second-order valence-corrected chi connectivity index (χ2v) is 7.98. The summed E-state index contributed by atoms with van der Waals surface area (Å²) in [6.45, 7) is 3.69. The van der Waals surface area contributed by atoms with Gasteiger partial charge in [-0.3, -0.25) is 0 Å². The number of piperidine rings is 1. The normalized spacial score (nSPS) is 17.5. The number of nitrogens with two attached hydrogens (primary N) is 1. The lowest BCUT2D eigenvalue weighted by Crippen LogP contribution is -2.39. The Morgan fingerprint density at radius 2 is 1.87 bits per heavy atom. The van der Waals surface area contributed by atoms with E-state index in [1.807, 2.05) is 31.2 Å². The molecule has 1 aromatic heterocycles. The summed E-state index contributed by atoms with van der Waals surface area (Å²) in [4.78, 5) is 0.240. The quantitative estimate of drug-likeness (QED) is 0.919. The minimum Gasteiger partial charge on any atom is -0.330 e. The molecule has 0 atom stereocenters. The van der Waals surface area contributed by atoms with Crippen molar-refractivity contribution in [2.24, 2.45) is 11.7 Å². The van der Waals surface area contributed by atoms with Crippen molar-refractivity contribution in [1.29, 1.82) is 0 Å². The van der Waals surface area contributed by atoms with Crippen molar-refractivity contribution in [3.8, 4) is 5.69 Å². The van der Waals surface area contributed by atoms with Gasteiger partial charge < -0.3 is 5.73 Å². The molecule has 0 unspecified atom stereocenters. The van der Waals surface area contributed by atoms with Gasteiger partial charge in [0.25, 0.3) is 0 Å². The first-order valence-electron chi connectivity index (χ1n) is 7.82. The lowest BCUT2D eigenvalue weighted by molar-refractivity contribution is 0.278. The van der Waals surface area contributed by atoms with Crippen LogP contribution in [-0.2, 0) is 10.0 Å². The van der Waals surface area contributed by atoms with Crippen LogP contribution in [0.25, 0.3) is 5.69 Å². The van der Waals surface area contributed by atoms with Crippen molar-refractivity contribution in [3.63, 3.8) is 0 Å². The van der Waals surface area contributed by atoms with E-state index >= 15 is 0 Å². The SMILES string of the molecule is Cc1ccc(-n2cc(S(=O)(=O)N3CCC(CN)CC3)cn2)cc1. The van der Waals surface area contributed by atoms with Crippen molar-refractivity contribution < 1.29 is 8.42 Å². The second-order valence-electron chi connectivity index (χ2n) is 6.04. The van der Waals surface area contributed by atoms with Gasteiger partial charge in [-0.2, -0.15) is 9.40 Å². The van der Waals surface area contributed by atoms with Gasteiger partial charge >= 0.3 is 0 Å². The molecule has 1 fully saturated rings. The molecule has 23 heavy (non-hydrogen) atoms. The predicted octanol–water partition coefficient (Wildman–Crippen LogP) is 1.54. The van der Waals surface area contributed by atoms with Crippen LogP contribution in [0.3, 0.4) is 0 Å². The van der Waals surface area contributed by atoms with Crippen LogP contribution in [-0.4, -0.2) is 42.1 Å². The maximum atomic E-state index is 12.7. The average molecular weight is 334 g/mol. The number of aromatic nitrogens is 2. The molecule has 0 saturated carbocycles. The van der Waals surface area contributed by atoms with Gasteiger partial charge in [-0.25, -0.2) is 13.1 Å². The molecule has 1 aliphatic rings. The van der Waals surface area contributed by atoms with Gasteiger partial charge in [0, 0.05) is 13.1 Å². The molecule has 6 nitrogen and oxygen atoms in total. The Morgan fingerprint density at radius 1 is 1.22 bits per heavy atom. The zero-order valence-corrected chi connectivity index (χ0v) is 14.0. The number of hydrogen-bond donors (Lipinski definition) is 1. The highest BCUT2D eigenvalue weighted by Gasteiger charge is 2.30. The third-order valence-electron chi connectivity index (χ3n) is 4.40. The first kappa shape index (κ1) is 16.2. The molecule has 7 heteroatoms. The van der Waals surface area contributed by atoms with E-state index in [4.69, 9.17) is 5.73 Å². The summed E-state index contributed by atoms with van der Waals surface area (Å²) in [6, 6.07) is 7.79. The Balaban J connectivity index is 1.80. The van der Waals surface area contributed by atoms with Gasteiger partial charge in [0.05, 0.1) is 18.1 Å². The molecule has 0 amide bonds. The van der Waals surface area contributed by atoms with E-state index < -0.39 is 10.0 Å². The average Bonchev–Trinajstić information content (AvgIpc) is 3.06. The van der Waals surface area contributed by atoms with E-state index in [1.165, 1.54) is 10.5 Å². The Bertz CT molecular complexity index is 760. The predicted molar refractivity (Wildman–Crippen MR) is 88.8 cm³/mol. The summed E-state index contributed by atoms with van der Waals surface area (Å²) in [7, 11) is -3.48. The molecule has 2 heterocycles. The van der Waals surface area contributed by atoms with Crippen molar-refractivity contribution in [2.45, 2.75) is 24.7 Å². The summed E-state index contributed by atoms with van der Waals surface area (Å²) >= 11 is 0. The minimum atomic E-state index is -3.48. The highest BCUT2D eigenvalue weighted by atomic mass is 32.2. The van der Waals surface area contributed by atoms with E-state index in [9.17, 15) is 8.42 Å². The molecule has 124 valence electrons. The van der Waals surface area contributed by atoms with Crippen molar-refractivity contribution in [3.05, 3.63) is 42.2 Å². The summed E-state index contributed by atoms with van der Waals surface area (Å²) in [6.07, 6.45) is 4.64. The standard InChI is InChI=1S/C16H22N4O2S/c1-13-2-4-15(5-3-13)20-12-16(11-18-20)23(21,22)19-8-6-14(10-17)7-9-19/h2-5,11-12,14H,6-10,17H2,1H3. The number of nitrogens with zero attached hydrogens (tertiary/aromatic N) is 3. The summed E-state index contributed by atoms with van der Waals surface area (Å²) in [5.41, 5.74) is 7.66.